The zero-order valence-electron chi connectivity index (χ0n) is 23.3. The van der Waals surface area contributed by atoms with Gasteiger partial charge >= 0.3 is 6.09 Å². The van der Waals surface area contributed by atoms with Crippen LogP contribution in [0.5, 0.6) is 5.75 Å². The molecule has 4 rings (SSSR count). The van der Waals surface area contributed by atoms with Crippen molar-refractivity contribution in [1.82, 2.24) is 5.32 Å². The smallest absolute Gasteiger partial charge is 0.408 e. The summed E-state index contributed by atoms with van der Waals surface area (Å²) in [5, 5.41) is 2.71. The Balaban J connectivity index is 1.60. The number of carbonyl (C=O) groups excluding carboxylic acids is 3. The molecule has 1 N–H and O–H groups in total. The summed E-state index contributed by atoms with van der Waals surface area (Å²) in [4.78, 5) is 42.0. The minimum atomic E-state index is -2.65. The van der Waals surface area contributed by atoms with Crippen LogP contribution in [0.2, 0.25) is 0 Å². The van der Waals surface area contributed by atoms with Gasteiger partial charge in [0.15, 0.2) is 5.78 Å². The van der Waals surface area contributed by atoms with Gasteiger partial charge < -0.3 is 19.7 Å². The average molecular weight is 575 g/mol. The molecule has 2 amide bonds. The van der Waals surface area contributed by atoms with Crippen LogP contribution in [0.25, 0.3) is 0 Å². The van der Waals surface area contributed by atoms with Crippen molar-refractivity contribution in [1.29, 1.82) is 0 Å². The van der Waals surface area contributed by atoms with Gasteiger partial charge in [0.25, 0.3) is 5.91 Å². The van der Waals surface area contributed by atoms with Gasteiger partial charge in [-0.3, -0.25) is 9.59 Å². The van der Waals surface area contributed by atoms with E-state index in [1.807, 2.05) is 18.2 Å². The Morgan fingerprint density at radius 2 is 1.77 bits per heavy atom. The number of methoxy groups -OCH3 is 1. The third-order valence-electron chi connectivity index (χ3n) is 7.04. The van der Waals surface area contributed by atoms with Gasteiger partial charge in [0.05, 0.1) is 19.3 Å². The molecule has 2 aromatic rings. The van der Waals surface area contributed by atoms with Crippen LogP contribution < -0.4 is 15.0 Å². The lowest BCUT2D eigenvalue weighted by atomic mass is 9.83. The molecular formula is C30H36F2N2O5S. The van der Waals surface area contributed by atoms with Gasteiger partial charge in [-0.15, -0.1) is 11.8 Å². The summed E-state index contributed by atoms with van der Waals surface area (Å²) in [5.74, 6) is -2.22. The number of nitrogens with one attached hydrogen (secondary N) is 1. The Hall–Kier alpha value is -3.14. The number of benzene rings is 2. The molecule has 0 radical (unpaired) electrons. The van der Waals surface area contributed by atoms with E-state index in [-0.39, 0.29) is 49.2 Å². The van der Waals surface area contributed by atoms with Gasteiger partial charge in [-0.25, -0.2) is 13.6 Å². The number of carbonyl (C=O) groups is 3. The third-order valence-corrected chi connectivity index (χ3v) is 8.20. The molecule has 2 aliphatic rings. The summed E-state index contributed by atoms with van der Waals surface area (Å²) in [6, 6.07) is 11.7. The first-order valence-corrected chi connectivity index (χ1v) is 14.4. The second-order valence-electron chi connectivity index (χ2n) is 11.4. The number of alkyl carbamates (subject to hydrolysis) is 1. The summed E-state index contributed by atoms with van der Waals surface area (Å²) < 4.78 is 37.8. The highest BCUT2D eigenvalue weighted by atomic mass is 32.2. The largest absolute Gasteiger partial charge is 0.497 e. The molecule has 0 aromatic heterocycles. The topological polar surface area (TPSA) is 84.9 Å². The predicted molar refractivity (Wildman–Crippen MR) is 150 cm³/mol. The fourth-order valence-corrected chi connectivity index (χ4v) is 5.94. The lowest BCUT2D eigenvalue weighted by Crippen LogP contribution is -2.50. The summed E-state index contributed by atoms with van der Waals surface area (Å²) in [7, 11) is 1.57. The number of amides is 2. The molecule has 40 heavy (non-hydrogen) atoms. The number of hydrogen-bond acceptors (Lipinski definition) is 6. The van der Waals surface area contributed by atoms with Crippen molar-refractivity contribution >= 4 is 35.2 Å². The molecule has 216 valence electrons. The zero-order valence-corrected chi connectivity index (χ0v) is 24.1. The summed E-state index contributed by atoms with van der Waals surface area (Å²) in [6.07, 6.45) is -0.240. The molecule has 10 heteroatoms. The van der Waals surface area contributed by atoms with Crippen LogP contribution in [0.3, 0.4) is 0 Å². The van der Waals surface area contributed by atoms with E-state index in [1.54, 1.807) is 57.0 Å². The van der Waals surface area contributed by atoms with Crippen molar-refractivity contribution in [3.8, 4) is 5.75 Å². The number of nitrogens with zero attached hydrogens (tertiary/aromatic N) is 1. The van der Waals surface area contributed by atoms with E-state index in [1.165, 1.54) is 11.8 Å². The monoisotopic (exact) mass is 574 g/mol. The van der Waals surface area contributed by atoms with Crippen LogP contribution in [-0.4, -0.2) is 48.2 Å². The first-order valence-electron chi connectivity index (χ1n) is 13.5. The Morgan fingerprint density at radius 3 is 2.40 bits per heavy atom. The fourth-order valence-electron chi connectivity index (χ4n) is 4.89. The van der Waals surface area contributed by atoms with Crippen molar-refractivity contribution < 1.29 is 32.6 Å². The molecule has 2 aromatic carbocycles. The standard InChI is InChI=1S/C30H36F2N2O5S/c1-29(2,3)39-28(37)33-23-18-40-26-10-7-21(25(35)15-19-11-13-30(31,32)14-12-19)16-24(26)34(27(23)36)17-20-5-8-22(38-4)9-6-20/h5-10,16,19,23H,11-15,17-18H2,1-4H3,(H,33,37)/t23-/m0/s1. The first kappa shape index (κ1) is 29.8. The molecule has 0 saturated heterocycles. The number of halogens is 2. The SMILES string of the molecule is COc1ccc(CN2C(=O)[C@@H](NC(=O)OC(C)(C)C)CSc3ccc(C(=O)CC4CCC(F)(F)CC4)cc32)cc1. The van der Waals surface area contributed by atoms with Gasteiger partial charge in [-0.05, 0) is 69.4 Å². The van der Waals surface area contributed by atoms with Gasteiger partial charge in [0.1, 0.15) is 17.4 Å². The number of ether oxygens (including phenoxy) is 2. The van der Waals surface area contributed by atoms with Crippen molar-refractivity contribution in [2.24, 2.45) is 5.92 Å². The minimum absolute atomic E-state index is 0.0836. The number of Topliss-reactive ketones (excluding diaryl/α,β-unsaturated/α-hetero) is 1. The van der Waals surface area contributed by atoms with Gasteiger partial charge in [-0.2, -0.15) is 0 Å². The molecule has 7 nitrogen and oxygen atoms in total. The summed E-state index contributed by atoms with van der Waals surface area (Å²) >= 11 is 1.41. The average Bonchev–Trinajstić information content (AvgIpc) is 3.01. The number of hydrogen-bond donors (Lipinski definition) is 1. The van der Waals surface area contributed by atoms with Crippen molar-refractivity contribution in [2.75, 3.05) is 17.8 Å². The Kier molecular flexibility index (Phi) is 9.07. The van der Waals surface area contributed by atoms with Crippen molar-refractivity contribution in [3.05, 3.63) is 53.6 Å². The zero-order chi connectivity index (χ0) is 29.1. The molecule has 1 atom stereocenters. The Morgan fingerprint density at radius 1 is 1.10 bits per heavy atom. The molecular weight excluding hydrogens is 538 g/mol. The van der Waals surface area contributed by atoms with Gasteiger partial charge in [0, 0.05) is 35.5 Å². The van der Waals surface area contributed by atoms with Crippen LogP contribution in [0.4, 0.5) is 19.3 Å². The highest BCUT2D eigenvalue weighted by Crippen LogP contribution is 2.39. The normalized spacial score (nSPS) is 19.4. The first-order chi connectivity index (χ1) is 18.8. The fraction of sp³-hybridized carbons (Fsp3) is 0.500. The van der Waals surface area contributed by atoms with Crippen LogP contribution in [-0.2, 0) is 16.1 Å². The lowest BCUT2D eigenvalue weighted by molar-refractivity contribution is -0.120. The van der Waals surface area contributed by atoms with Crippen LogP contribution in [0.1, 0.15) is 68.8 Å². The molecule has 1 heterocycles. The van der Waals surface area contributed by atoms with E-state index in [0.29, 0.717) is 29.8 Å². The van der Waals surface area contributed by atoms with Gasteiger partial charge in [-0.1, -0.05) is 18.2 Å². The number of ketones is 1. The van der Waals surface area contributed by atoms with E-state index in [2.05, 4.69) is 5.32 Å². The maximum absolute atomic E-state index is 13.9. The van der Waals surface area contributed by atoms with E-state index in [9.17, 15) is 23.2 Å². The maximum Gasteiger partial charge on any atom is 0.408 e. The van der Waals surface area contributed by atoms with Crippen LogP contribution >= 0.6 is 11.8 Å². The van der Waals surface area contributed by atoms with Crippen molar-refractivity contribution in [3.63, 3.8) is 0 Å². The molecule has 0 unspecified atom stereocenters. The number of alkyl halides is 2. The number of rotatable bonds is 7. The minimum Gasteiger partial charge on any atom is -0.497 e. The van der Waals surface area contributed by atoms with Gasteiger partial charge in [0.2, 0.25) is 5.92 Å². The quantitative estimate of drug-likeness (QED) is 0.374. The van der Waals surface area contributed by atoms with Crippen LogP contribution in [0.15, 0.2) is 47.4 Å². The molecule has 1 saturated carbocycles. The lowest BCUT2D eigenvalue weighted by Gasteiger charge is -2.28. The highest BCUT2D eigenvalue weighted by molar-refractivity contribution is 7.99. The molecule has 0 bridgehead atoms. The summed E-state index contributed by atoms with van der Waals surface area (Å²) in [6.45, 7) is 5.46. The van der Waals surface area contributed by atoms with E-state index in [4.69, 9.17) is 9.47 Å². The molecule has 0 spiro atoms. The second-order valence-corrected chi connectivity index (χ2v) is 12.5. The molecule has 1 aliphatic heterocycles. The van der Waals surface area contributed by atoms with E-state index < -0.39 is 23.7 Å². The number of thioether (sulfide) groups is 1. The van der Waals surface area contributed by atoms with E-state index >= 15 is 0 Å². The molecule has 1 fully saturated rings. The van der Waals surface area contributed by atoms with E-state index in [0.717, 1.165) is 10.5 Å². The number of anilines is 1. The van der Waals surface area contributed by atoms with Crippen LogP contribution in [0, 0.1) is 5.92 Å². The highest BCUT2D eigenvalue weighted by Gasteiger charge is 2.36. The van der Waals surface area contributed by atoms with Crippen molar-refractivity contribution in [2.45, 2.75) is 81.9 Å². The maximum atomic E-state index is 13.9. The predicted octanol–water partition coefficient (Wildman–Crippen LogP) is 6.63. The second kappa shape index (κ2) is 12.2. The Bertz CT molecular complexity index is 1240. The molecule has 1 aliphatic carbocycles. The third kappa shape index (κ3) is 7.74. The summed E-state index contributed by atoms with van der Waals surface area (Å²) in [5.41, 5.74) is 1.12. The number of fused-ring (bicyclic) bond motifs is 1. The Labute approximate surface area is 238 Å².